The van der Waals surface area contributed by atoms with E-state index in [1.54, 1.807) is 0 Å². The summed E-state index contributed by atoms with van der Waals surface area (Å²) >= 11 is 0. The maximum absolute atomic E-state index is 10.8. The number of likely N-dealkylation sites (tertiary alicyclic amines) is 1. The van der Waals surface area contributed by atoms with E-state index >= 15 is 0 Å². The third kappa shape index (κ3) is 3.85. The second-order valence-electron chi connectivity index (χ2n) is 4.68. The minimum atomic E-state index is -0.536. The van der Waals surface area contributed by atoms with E-state index in [0.717, 1.165) is 25.9 Å². The fraction of sp³-hybridized carbons (Fsp3) is 0.545. The lowest BCUT2D eigenvalue weighted by Gasteiger charge is -2.31. The number of primary amides is 1. The van der Waals surface area contributed by atoms with Crippen molar-refractivity contribution < 1.29 is 9.72 Å². The lowest BCUT2D eigenvalue weighted by molar-refractivity contribution is -0.385. The number of rotatable bonds is 5. The molecule has 1 aromatic rings. The SMILES string of the molecule is NC(=O)CN1CCC(Nc2ncc([N+](=O)[O-])cn2)CC1. The first-order chi connectivity index (χ1) is 9.54. The van der Waals surface area contributed by atoms with Crippen LogP contribution in [0, 0.1) is 10.1 Å². The van der Waals surface area contributed by atoms with Crippen molar-refractivity contribution in [2.24, 2.45) is 5.73 Å². The van der Waals surface area contributed by atoms with E-state index in [1.165, 1.54) is 12.4 Å². The van der Waals surface area contributed by atoms with Crippen molar-refractivity contribution >= 4 is 17.5 Å². The van der Waals surface area contributed by atoms with Gasteiger partial charge in [-0.05, 0) is 12.8 Å². The number of nitro groups is 1. The normalized spacial score (nSPS) is 16.8. The van der Waals surface area contributed by atoms with Gasteiger partial charge in [-0.3, -0.25) is 19.8 Å². The Hall–Kier alpha value is -2.29. The van der Waals surface area contributed by atoms with Gasteiger partial charge in [0.25, 0.3) is 0 Å². The monoisotopic (exact) mass is 280 g/mol. The number of hydrogen-bond acceptors (Lipinski definition) is 7. The molecule has 1 saturated heterocycles. The number of hydrogen-bond donors (Lipinski definition) is 2. The van der Waals surface area contributed by atoms with Crippen LogP contribution in [0.5, 0.6) is 0 Å². The quantitative estimate of drug-likeness (QED) is 0.562. The fourth-order valence-corrected chi connectivity index (χ4v) is 2.13. The molecule has 1 amide bonds. The van der Waals surface area contributed by atoms with Gasteiger partial charge in [0.05, 0.1) is 11.5 Å². The average Bonchev–Trinajstić information content (AvgIpc) is 2.41. The predicted octanol–water partition coefficient (Wildman–Crippen LogP) is -0.254. The number of nitrogens with one attached hydrogen (secondary N) is 1. The lowest BCUT2D eigenvalue weighted by Crippen LogP contribution is -2.43. The highest BCUT2D eigenvalue weighted by molar-refractivity contribution is 5.75. The van der Waals surface area contributed by atoms with Gasteiger partial charge >= 0.3 is 5.69 Å². The molecule has 1 fully saturated rings. The highest BCUT2D eigenvalue weighted by atomic mass is 16.6. The number of amides is 1. The Morgan fingerprint density at radius 1 is 1.45 bits per heavy atom. The summed E-state index contributed by atoms with van der Waals surface area (Å²) in [6.07, 6.45) is 4.04. The third-order valence-electron chi connectivity index (χ3n) is 3.15. The number of nitrogens with zero attached hydrogens (tertiary/aromatic N) is 4. The highest BCUT2D eigenvalue weighted by Crippen LogP contribution is 2.15. The number of carbonyl (C=O) groups excluding carboxylic acids is 1. The Morgan fingerprint density at radius 3 is 2.55 bits per heavy atom. The summed E-state index contributed by atoms with van der Waals surface area (Å²) in [4.78, 5) is 30.6. The highest BCUT2D eigenvalue weighted by Gasteiger charge is 2.20. The van der Waals surface area contributed by atoms with Crippen LogP contribution in [-0.2, 0) is 4.79 Å². The van der Waals surface area contributed by atoms with Crippen molar-refractivity contribution in [2.75, 3.05) is 25.0 Å². The summed E-state index contributed by atoms with van der Waals surface area (Å²) in [6, 6.07) is 0.195. The van der Waals surface area contributed by atoms with Gasteiger partial charge in [0.1, 0.15) is 12.4 Å². The Bertz CT molecular complexity index is 483. The lowest BCUT2D eigenvalue weighted by atomic mass is 10.1. The van der Waals surface area contributed by atoms with Crippen LogP contribution in [-0.4, -0.2) is 51.4 Å². The molecule has 0 bridgehead atoms. The minimum Gasteiger partial charge on any atom is -0.369 e. The fourth-order valence-electron chi connectivity index (χ4n) is 2.13. The molecule has 20 heavy (non-hydrogen) atoms. The van der Waals surface area contributed by atoms with E-state index in [4.69, 9.17) is 5.73 Å². The first kappa shape index (κ1) is 14.1. The van der Waals surface area contributed by atoms with Crippen LogP contribution in [0.4, 0.5) is 11.6 Å². The summed E-state index contributed by atoms with van der Waals surface area (Å²) in [7, 11) is 0. The number of anilines is 1. The summed E-state index contributed by atoms with van der Waals surface area (Å²) in [6.45, 7) is 1.82. The molecule has 1 aliphatic heterocycles. The molecular formula is C11H16N6O3. The molecule has 0 radical (unpaired) electrons. The Morgan fingerprint density at radius 2 is 2.05 bits per heavy atom. The van der Waals surface area contributed by atoms with Gasteiger partial charge < -0.3 is 11.1 Å². The molecule has 108 valence electrons. The predicted molar refractivity (Wildman–Crippen MR) is 71.0 cm³/mol. The van der Waals surface area contributed by atoms with Crippen LogP contribution in [0.3, 0.4) is 0 Å². The molecule has 0 unspecified atom stereocenters. The van der Waals surface area contributed by atoms with E-state index in [9.17, 15) is 14.9 Å². The molecule has 1 aliphatic rings. The van der Waals surface area contributed by atoms with Crippen LogP contribution >= 0.6 is 0 Å². The molecule has 2 heterocycles. The largest absolute Gasteiger partial charge is 0.369 e. The van der Waals surface area contributed by atoms with Crippen LogP contribution in [0.1, 0.15) is 12.8 Å². The van der Waals surface area contributed by atoms with Crippen molar-refractivity contribution in [3.63, 3.8) is 0 Å². The number of piperidine rings is 1. The van der Waals surface area contributed by atoms with Gasteiger partial charge in [0, 0.05) is 19.1 Å². The van der Waals surface area contributed by atoms with Gasteiger partial charge in [-0.15, -0.1) is 0 Å². The van der Waals surface area contributed by atoms with Gasteiger partial charge in [-0.25, -0.2) is 9.97 Å². The maximum atomic E-state index is 10.8. The van der Waals surface area contributed by atoms with Crippen molar-refractivity contribution in [1.82, 2.24) is 14.9 Å². The van der Waals surface area contributed by atoms with E-state index in [0.29, 0.717) is 5.95 Å². The first-order valence-electron chi connectivity index (χ1n) is 6.28. The molecule has 9 heteroatoms. The topological polar surface area (TPSA) is 127 Å². The van der Waals surface area contributed by atoms with E-state index in [1.807, 2.05) is 4.90 Å². The van der Waals surface area contributed by atoms with Crippen LogP contribution in [0.25, 0.3) is 0 Å². The Balaban J connectivity index is 1.83. The van der Waals surface area contributed by atoms with Crippen LogP contribution < -0.4 is 11.1 Å². The second-order valence-corrected chi connectivity index (χ2v) is 4.68. The zero-order valence-electron chi connectivity index (χ0n) is 10.9. The summed E-state index contributed by atoms with van der Waals surface area (Å²) in [5.74, 6) is 0.0547. The van der Waals surface area contributed by atoms with Crippen molar-refractivity contribution in [3.05, 3.63) is 22.5 Å². The second kappa shape index (κ2) is 6.24. The maximum Gasteiger partial charge on any atom is 0.305 e. The molecule has 0 aromatic carbocycles. The molecule has 0 aliphatic carbocycles. The standard InChI is InChI=1S/C11H16N6O3/c12-10(18)7-16-3-1-8(2-4-16)15-11-13-5-9(6-14-11)17(19)20/h5-6,8H,1-4,7H2,(H2,12,18)(H,13,14,15). The smallest absolute Gasteiger partial charge is 0.305 e. The number of nitrogens with two attached hydrogens (primary N) is 1. The molecule has 2 rings (SSSR count). The van der Waals surface area contributed by atoms with Crippen molar-refractivity contribution in [1.29, 1.82) is 0 Å². The number of aromatic nitrogens is 2. The Kier molecular flexibility index (Phi) is 4.41. The molecule has 3 N–H and O–H groups in total. The Labute approximate surface area is 115 Å². The first-order valence-corrected chi connectivity index (χ1v) is 6.28. The summed E-state index contributed by atoms with van der Waals surface area (Å²) in [5.41, 5.74) is 5.02. The number of carbonyl (C=O) groups is 1. The molecule has 9 nitrogen and oxygen atoms in total. The zero-order valence-corrected chi connectivity index (χ0v) is 10.9. The molecule has 0 spiro atoms. The molecular weight excluding hydrogens is 264 g/mol. The van der Waals surface area contributed by atoms with Gasteiger partial charge in [-0.1, -0.05) is 0 Å². The third-order valence-corrected chi connectivity index (χ3v) is 3.15. The van der Waals surface area contributed by atoms with Crippen molar-refractivity contribution in [3.8, 4) is 0 Å². The van der Waals surface area contributed by atoms with Crippen molar-refractivity contribution in [2.45, 2.75) is 18.9 Å². The van der Waals surface area contributed by atoms with Gasteiger partial charge in [-0.2, -0.15) is 0 Å². The van der Waals surface area contributed by atoms with Crippen LogP contribution in [0.15, 0.2) is 12.4 Å². The van der Waals surface area contributed by atoms with E-state index in [-0.39, 0.29) is 24.2 Å². The van der Waals surface area contributed by atoms with E-state index in [2.05, 4.69) is 15.3 Å². The van der Waals surface area contributed by atoms with Crippen LogP contribution in [0.2, 0.25) is 0 Å². The molecule has 0 atom stereocenters. The zero-order chi connectivity index (χ0) is 14.5. The minimum absolute atomic E-state index is 0.133. The van der Waals surface area contributed by atoms with Gasteiger partial charge in [0.2, 0.25) is 11.9 Å². The van der Waals surface area contributed by atoms with E-state index < -0.39 is 4.92 Å². The molecule has 0 saturated carbocycles. The summed E-state index contributed by atoms with van der Waals surface area (Å²) < 4.78 is 0. The summed E-state index contributed by atoms with van der Waals surface area (Å²) in [5, 5.41) is 13.6. The van der Waals surface area contributed by atoms with Gasteiger partial charge in [0.15, 0.2) is 0 Å². The average molecular weight is 280 g/mol. The molecule has 1 aromatic heterocycles.